The molecule has 1 aromatic carbocycles. The molecule has 0 fully saturated rings. The summed E-state index contributed by atoms with van der Waals surface area (Å²) in [4.78, 5) is 2.02. The molecule has 0 saturated heterocycles. The van der Waals surface area contributed by atoms with Crippen LogP contribution in [0.3, 0.4) is 0 Å². The Morgan fingerprint density at radius 3 is 2.40 bits per heavy atom. The van der Waals surface area contributed by atoms with E-state index in [1.807, 2.05) is 43.0 Å². The summed E-state index contributed by atoms with van der Waals surface area (Å²) in [5.74, 6) is 1.01. The lowest BCUT2D eigenvalue weighted by molar-refractivity contribution is 0.808. The second kappa shape index (κ2) is 5.97. The molecule has 0 aliphatic rings. The Morgan fingerprint density at radius 1 is 1.30 bits per heavy atom. The van der Waals surface area contributed by atoms with Gasteiger partial charge in [-0.1, -0.05) is 15.9 Å². The second-order valence-corrected chi connectivity index (χ2v) is 5.17. The number of rotatable bonds is 4. The van der Waals surface area contributed by atoms with Crippen LogP contribution in [0, 0.1) is 11.3 Å². The largest absolute Gasteiger partial charge is 0.382 e. The van der Waals surface area contributed by atoms with Crippen molar-refractivity contribution in [2.75, 3.05) is 23.7 Å². The number of hydrogen-bond acceptors (Lipinski definition) is 4. The number of nitrogens with zero attached hydrogens (tertiary/aromatic N) is 4. The van der Waals surface area contributed by atoms with E-state index in [9.17, 15) is 5.26 Å². The van der Waals surface area contributed by atoms with Gasteiger partial charge in [0.1, 0.15) is 17.5 Å². The van der Waals surface area contributed by atoms with Crippen LogP contribution in [0.25, 0.3) is 5.69 Å². The third-order valence-corrected chi connectivity index (χ3v) is 3.68. The van der Waals surface area contributed by atoms with E-state index >= 15 is 0 Å². The van der Waals surface area contributed by atoms with Gasteiger partial charge in [0, 0.05) is 17.6 Å². The summed E-state index contributed by atoms with van der Waals surface area (Å²) in [6.07, 6.45) is 0. The summed E-state index contributed by atoms with van der Waals surface area (Å²) in [5.41, 5.74) is 7.33. The minimum atomic E-state index is 0.372. The van der Waals surface area contributed by atoms with Crippen molar-refractivity contribution in [2.24, 2.45) is 0 Å². The Balaban J connectivity index is 2.56. The Labute approximate surface area is 126 Å². The van der Waals surface area contributed by atoms with Gasteiger partial charge in [-0.3, -0.25) is 0 Å². The van der Waals surface area contributed by atoms with E-state index in [1.165, 1.54) is 0 Å². The summed E-state index contributed by atoms with van der Waals surface area (Å²) >= 11 is 3.39. The van der Waals surface area contributed by atoms with Crippen LogP contribution in [0.4, 0.5) is 11.6 Å². The number of anilines is 2. The van der Waals surface area contributed by atoms with Gasteiger partial charge in [-0.15, -0.1) is 5.10 Å². The first-order valence-electron chi connectivity index (χ1n) is 6.41. The first-order chi connectivity index (χ1) is 9.62. The number of aromatic nitrogens is 2. The first-order valence-corrected chi connectivity index (χ1v) is 7.21. The predicted molar refractivity (Wildman–Crippen MR) is 84.0 cm³/mol. The lowest BCUT2D eigenvalue weighted by Gasteiger charge is -2.17. The maximum absolute atomic E-state index is 9.33. The van der Waals surface area contributed by atoms with Crippen LogP contribution in [0.1, 0.15) is 19.4 Å². The molecule has 0 saturated carbocycles. The molecule has 6 heteroatoms. The van der Waals surface area contributed by atoms with E-state index in [4.69, 9.17) is 5.73 Å². The molecule has 20 heavy (non-hydrogen) atoms. The summed E-state index contributed by atoms with van der Waals surface area (Å²) < 4.78 is 2.59. The van der Waals surface area contributed by atoms with Crippen LogP contribution in [-0.2, 0) is 0 Å². The van der Waals surface area contributed by atoms with E-state index in [0.29, 0.717) is 17.2 Å². The van der Waals surface area contributed by atoms with E-state index < -0.39 is 0 Å². The number of halogens is 1. The molecule has 0 bridgehead atoms. The molecule has 0 unspecified atom stereocenters. The highest BCUT2D eigenvalue weighted by atomic mass is 79.9. The van der Waals surface area contributed by atoms with Crippen molar-refractivity contribution in [3.63, 3.8) is 0 Å². The monoisotopic (exact) mass is 333 g/mol. The zero-order chi connectivity index (χ0) is 14.7. The van der Waals surface area contributed by atoms with Crippen molar-refractivity contribution in [3.8, 4) is 11.8 Å². The lowest BCUT2D eigenvalue weighted by atomic mass is 10.3. The summed E-state index contributed by atoms with van der Waals surface area (Å²) in [6, 6.07) is 9.79. The van der Waals surface area contributed by atoms with Crippen LogP contribution < -0.4 is 10.6 Å². The minimum absolute atomic E-state index is 0.372. The highest BCUT2D eigenvalue weighted by molar-refractivity contribution is 9.10. The quantitative estimate of drug-likeness (QED) is 0.933. The van der Waals surface area contributed by atoms with Crippen LogP contribution in [0.15, 0.2) is 28.7 Å². The van der Waals surface area contributed by atoms with E-state index in [-0.39, 0.29) is 0 Å². The second-order valence-electron chi connectivity index (χ2n) is 4.26. The minimum Gasteiger partial charge on any atom is -0.382 e. The van der Waals surface area contributed by atoms with Crippen molar-refractivity contribution in [1.82, 2.24) is 9.78 Å². The Kier molecular flexibility index (Phi) is 4.30. The third-order valence-electron chi connectivity index (χ3n) is 3.15. The molecular formula is C14H16BrN5. The van der Waals surface area contributed by atoms with Crippen LogP contribution in [0.5, 0.6) is 0 Å². The standard InChI is InChI=1S/C14H16BrN5/c1-3-19(4-2)14-12(9-16)13(17)20(18-14)11-7-5-10(15)6-8-11/h5-8H,3-4,17H2,1-2H3. The molecule has 0 atom stereocenters. The van der Waals surface area contributed by atoms with Gasteiger partial charge in [-0.05, 0) is 38.1 Å². The Morgan fingerprint density at radius 2 is 1.90 bits per heavy atom. The normalized spacial score (nSPS) is 10.3. The zero-order valence-corrected chi connectivity index (χ0v) is 13.1. The summed E-state index contributed by atoms with van der Waals surface area (Å²) in [7, 11) is 0. The molecule has 104 valence electrons. The molecular weight excluding hydrogens is 318 g/mol. The number of hydrogen-bond donors (Lipinski definition) is 1. The highest BCUT2D eigenvalue weighted by Crippen LogP contribution is 2.27. The number of benzene rings is 1. The molecule has 0 aliphatic carbocycles. The Hall–Kier alpha value is -2.00. The smallest absolute Gasteiger partial charge is 0.171 e. The lowest BCUT2D eigenvalue weighted by Crippen LogP contribution is -2.23. The molecule has 1 aromatic heterocycles. The molecule has 0 aliphatic heterocycles. The molecule has 2 rings (SSSR count). The van der Waals surface area contributed by atoms with Crippen molar-refractivity contribution >= 4 is 27.6 Å². The van der Waals surface area contributed by atoms with Gasteiger partial charge in [0.2, 0.25) is 0 Å². The SMILES string of the molecule is CCN(CC)c1nn(-c2ccc(Br)cc2)c(N)c1C#N. The fourth-order valence-corrected chi connectivity index (χ4v) is 2.31. The number of nitrogens with two attached hydrogens (primary N) is 1. The number of nitriles is 1. The molecule has 0 radical (unpaired) electrons. The van der Waals surface area contributed by atoms with Gasteiger partial charge in [0.15, 0.2) is 5.82 Å². The highest BCUT2D eigenvalue weighted by Gasteiger charge is 2.19. The van der Waals surface area contributed by atoms with Crippen molar-refractivity contribution in [1.29, 1.82) is 5.26 Å². The fourth-order valence-electron chi connectivity index (χ4n) is 2.05. The van der Waals surface area contributed by atoms with Crippen LogP contribution in [0.2, 0.25) is 0 Å². The first kappa shape index (κ1) is 14.4. The molecule has 0 amide bonds. The maximum atomic E-state index is 9.33. The number of nitrogen functional groups attached to an aromatic ring is 1. The van der Waals surface area contributed by atoms with E-state index in [1.54, 1.807) is 4.68 Å². The van der Waals surface area contributed by atoms with Gasteiger partial charge in [-0.2, -0.15) is 5.26 Å². The zero-order valence-electron chi connectivity index (χ0n) is 11.5. The van der Waals surface area contributed by atoms with Crippen molar-refractivity contribution in [3.05, 3.63) is 34.3 Å². The molecule has 1 heterocycles. The topological polar surface area (TPSA) is 70.9 Å². The van der Waals surface area contributed by atoms with Crippen LogP contribution >= 0.6 is 15.9 Å². The van der Waals surface area contributed by atoms with Gasteiger partial charge >= 0.3 is 0 Å². The third kappa shape index (κ3) is 2.49. The molecule has 2 N–H and O–H groups in total. The van der Waals surface area contributed by atoms with Gasteiger partial charge < -0.3 is 10.6 Å². The van der Waals surface area contributed by atoms with Crippen molar-refractivity contribution < 1.29 is 0 Å². The fraction of sp³-hybridized carbons (Fsp3) is 0.286. The Bertz CT molecular complexity index is 635. The van der Waals surface area contributed by atoms with Gasteiger partial charge in [-0.25, -0.2) is 4.68 Å². The van der Waals surface area contributed by atoms with E-state index in [2.05, 4.69) is 27.1 Å². The average molecular weight is 334 g/mol. The van der Waals surface area contributed by atoms with Gasteiger partial charge in [0.05, 0.1) is 5.69 Å². The maximum Gasteiger partial charge on any atom is 0.171 e. The summed E-state index contributed by atoms with van der Waals surface area (Å²) in [6.45, 7) is 5.61. The predicted octanol–water partition coefficient (Wildman–Crippen LogP) is 2.93. The molecule has 2 aromatic rings. The molecule has 5 nitrogen and oxygen atoms in total. The van der Waals surface area contributed by atoms with E-state index in [0.717, 1.165) is 23.2 Å². The average Bonchev–Trinajstić information content (AvgIpc) is 2.78. The van der Waals surface area contributed by atoms with Crippen LogP contribution in [-0.4, -0.2) is 22.9 Å². The van der Waals surface area contributed by atoms with Crippen molar-refractivity contribution in [2.45, 2.75) is 13.8 Å². The summed E-state index contributed by atoms with van der Waals surface area (Å²) in [5, 5.41) is 13.8. The molecule has 0 spiro atoms. The van der Waals surface area contributed by atoms with Gasteiger partial charge in [0.25, 0.3) is 0 Å².